The lowest BCUT2D eigenvalue weighted by Gasteiger charge is -2.11. The van der Waals surface area contributed by atoms with Crippen molar-refractivity contribution in [2.75, 3.05) is 13.1 Å². The molecule has 3 nitrogen and oxygen atoms in total. The highest BCUT2D eigenvalue weighted by atomic mass is 16.1. The summed E-state index contributed by atoms with van der Waals surface area (Å²) in [6, 6.07) is 0.585. The molecule has 1 amide bonds. The first kappa shape index (κ1) is 14.5. The Labute approximate surface area is 106 Å². The number of nitrogens with one attached hydrogen (secondary N) is 2. The van der Waals surface area contributed by atoms with Gasteiger partial charge in [-0.15, -0.1) is 0 Å². The lowest BCUT2D eigenvalue weighted by molar-refractivity contribution is -0.120. The van der Waals surface area contributed by atoms with Crippen LogP contribution < -0.4 is 10.6 Å². The zero-order valence-electron chi connectivity index (χ0n) is 11.4. The number of hydrogen-bond donors (Lipinski definition) is 2. The Morgan fingerprint density at radius 3 is 2.59 bits per heavy atom. The maximum atomic E-state index is 11.5. The van der Waals surface area contributed by atoms with Crippen LogP contribution in [0.25, 0.3) is 0 Å². The van der Waals surface area contributed by atoms with E-state index in [4.69, 9.17) is 0 Å². The van der Waals surface area contributed by atoms with Gasteiger partial charge in [0.25, 0.3) is 0 Å². The first-order valence-electron chi connectivity index (χ1n) is 7.18. The number of rotatable bonds is 8. The molecule has 0 aromatic heterocycles. The van der Waals surface area contributed by atoms with Crippen LogP contribution in [0.2, 0.25) is 0 Å². The number of carbonyl (C=O) groups excluding carboxylic acids is 1. The van der Waals surface area contributed by atoms with Crippen LogP contribution >= 0.6 is 0 Å². The molecule has 0 spiro atoms. The van der Waals surface area contributed by atoms with Crippen LogP contribution in [0.1, 0.15) is 58.8 Å². The molecular weight excluding hydrogens is 212 g/mol. The van der Waals surface area contributed by atoms with Crippen molar-refractivity contribution in [3.63, 3.8) is 0 Å². The van der Waals surface area contributed by atoms with E-state index in [1.54, 1.807) is 0 Å². The fraction of sp³-hybridized carbons (Fsp3) is 0.929. The standard InChI is InChI=1S/C14H28N2O/c1-12(2)7-5-6-10-15-14(17)11-16-13-8-3-4-9-13/h12-13,16H,3-11H2,1-2H3,(H,15,17). The number of hydrogen-bond acceptors (Lipinski definition) is 2. The van der Waals surface area contributed by atoms with Crippen LogP contribution in [-0.2, 0) is 4.79 Å². The Morgan fingerprint density at radius 1 is 1.24 bits per heavy atom. The number of carbonyl (C=O) groups is 1. The van der Waals surface area contributed by atoms with Crippen molar-refractivity contribution in [3.05, 3.63) is 0 Å². The highest BCUT2D eigenvalue weighted by Gasteiger charge is 2.14. The molecule has 100 valence electrons. The second-order valence-corrected chi connectivity index (χ2v) is 5.60. The lowest BCUT2D eigenvalue weighted by Crippen LogP contribution is -2.38. The van der Waals surface area contributed by atoms with Crippen LogP contribution in [0.4, 0.5) is 0 Å². The highest BCUT2D eigenvalue weighted by molar-refractivity contribution is 5.77. The summed E-state index contributed by atoms with van der Waals surface area (Å²) in [6.45, 7) is 5.81. The fourth-order valence-corrected chi connectivity index (χ4v) is 2.33. The van der Waals surface area contributed by atoms with E-state index in [-0.39, 0.29) is 5.91 Å². The van der Waals surface area contributed by atoms with E-state index in [1.807, 2.05) is 0 Å². The maximum Gasteiger partial charge on any atom is 0.233 e. The summed E-state index contributed by atoms with van der Waals surface area (Å²) >= 11 is 0. The minimum absolute atomic E-state index is 0.154. The van der Waals surface area contributed by atoms with E-state index in [0.29, 0.717) is 12.6 Å². The average molecular weight is 240 g/mol. The molecule has 1 fully saturated rings. The Morgan fingerprint density at radius 2 is 1.94 bits per heavy atom. The van der Waals surface area contributed by atoms with E-state index in [9.17, 15) is 4.79 Å². The maximum absolute atomic E-state index is 11.5. The summed E-state index contributed by atoms with van der Waals surface area (Å²) in [5.74, 6) is 0.927. The summed E-state index contributed by atoms with van der Waals surface area (Å²) in [7, 11) is 0. The minimum atomic E-state index is 0.154. The van der Waals surface area contributed by atoms with Gasteiger partial charge in [0.2, 0.25) is 5.91 Å². The second-order valence-electron chi connectivity index (χ2n) is 5.60. The largest absolute Gasteiger partial charge is 0.355 e. The Bertz CT molecular complexity index is 210. The molecule has 1 aliphatic rings. The smallest absolute Gasteiger partial charge is 0.233 e. The third-order valence-corrected chi connectivity index (χ3v) is 3.44. The topological polar surface area (TPSA) is 41.1 Å². The van der Waals surface area contributed by atoms with Crippen LogP contribution in [0, 0.1) is 5.92 Å². The lowest BCUT2D eigenvalue weighted by atomic mass is 10.1. The van der Waals surface area contributed by atoms with Gasteiger partial charge in [-0.3, -0.25) is 4.79 Å². The minimum Gasteiger partial charge on any atom is -0.355 e. The van der Waals surface area contributed by atoms with Crippen molar-refractivity contribution in [2.24, 2.45) is 5.92 Å². The third-order valence-electron chi connectivity index (χ3n) is 3.44. The molecule has 0 atom stereocenters. The van der Waals surface area contributed by atoms with Crippen LogP contribution in [0.15, 0.2) is 0 Å². The molecule has 17 heavy (non-hydrogen) atoms. The third kappa shape index (κ3) is 7.37. The fourth-order valence-electron chi connectivity index (χ4n) is 2.33. The number of unbranched alkanes of at least 4 members (excludes halogenated alkanes) is 1. The van der Waals surface area contributed by atoms with Crippen LogP contribution in [0.5, 0.6) is 0 Å². The van der Waals surface area contributed by atoms with Gasteiger partial charge in [0.1, 0.15) is 0 Å². The SMILES string of the molecule is CC(C)CCCCNC(=O)CNC1CCCC1. The van der Waals surface area contributed by atoms with Crippen molar-refractivity contribution >= 4 is 5.91 Å². The Kier molecular flexibility index (Phi) is 7.25. The molecule has 1 aliphatic carbocycles. The van der Waals surface area contributed by atoms with Crippen molar-refractivity contribution in [1.82, 2.24) is 10.6 Å². The zero-order chi connectivity index (χ0) is 12.5. The molecule has 0 heterocycles. The predicted molar refractivity (Wildman–Crippen MR) is 72.0 cm³/mol. The Hall–Kier alpha value is -0.570. The highest BCUT2D eigenvalue weighted by Crippen LogP contribution is 2.17. The zero-order valence-corrected chi connectivity index (χ0v) is 11.4. The molecule has 0 radical (unpaired) electrons. The molecule has 0 saturated heterocycles. The van der Waals surface area contributed by atoms with Crippen molar-refractivity contribution in [1.29, 1.82) is 0 Å². The van der Waals surface area contributed by atoms with Gasteiger partial charge in [-0.25, -0.2) is 0 Å². The molecular formula is C14H28N2O. The molecule has 0 aromatic carbocycles. The summed E-state index contributed by atoms with van der Waals surface area (Å²) in [5, 5.41) is 6.31. The molecule has 3 heteroatoms. The van der Waals surface area contributed by atoms with E-state index in [1.165, 1.54) is 38.5 Å². The van der Waals surface area contributed by atoms with Gasteiger partial charge >= 0.3 is 0 Å². The predicted octanol–water partition coefficient (Wildman–Crippen LogP) is 2.46. The molecule has 1 rings (SSSR count). The first-order valence-corrected chi connectivity index (χ1v) is 7.18. The van der Waals surface area contributed by atoms with Crippen molar-refractivity contribution in [2.45, 2.75) is 64.8 Å². The summed E-state index contributed by atoms with van der Waals surface area (Å²) in [4.78, 5) is 11.5. The van der Waals surface area contributed by atoms with Gasteiger partial charge in [0.15, 0.2) is 0 Å². The summed E-state index contributed by atoms with van der Waals surface area (Å²) in [6.07, 6.45) is 8.68. The molecule has 2 N–H and O–H groups in total. The normalized spacial score (nSPS) is 16.6. The first-order chi connectivity index (χ1) is 8.18. The van der Waals surface area contributed by atoms with E-state index < -0.39 is 0 Å². The van der Waals surface area contributed by atoms with Gasteiger partial charge in [-0.05, 0) is 25.2 Å². The molecule has 1 saturated carbocycles. The van der Waals surface area contributed by atoms with Crippen LogP contribution in [-0.4, -0.2) is 25.0 Å². The molecule has 0 unspecified atom stereocenters. The number of amides is 1. The molecule has 0 aliphatic heterocycles. The Balaban J connectivity index is 1.90. The van der Waals surface area contributed by atoms with E-state index >= 15 is 0 Å². The van der Waals surface area contributed by atoms with Gasteiger partial charge < -0.3 is 10.6 Å². The molecule has 0 aromatic rings. The van der Waals surface area contributed by atoms with Gasteiger partial charge in [0.05, 0.1) is 6.54 Å². The average Bonchev–Trinajstić information content (AvgIpc) is 2.78. The summed E-state index contributed by atoms with van der Waals surface area (Å²) in [5.41, 5.74) is 0. The quantitative estimate of drug-likeness (QED) is 0.640. The van der Waals surface area contributed by atoms with Gasteiger partial charge in [-0.1, -0.05) is 39.5 Å². The van der Waals surface area contributed by atoms with Crippen molar-refractivity contribution in [3.8, 4) is 0 Å². The van der Waals surface area contributed by atoms with E-state index in [0.717, 1.165) is 18.9 Å². The summed E-state index contributed by atoms with van der Waals surface area (Å²) < 4.78 is 0. The van der Waals surface area contributed by atoms with Gasteiger partial charge in [-0.2, -0.15) is 0 Å². The van der Waals surface area contributed by atoms with Crippen LogP contribution in [0.3, 0.4) is 0 Å². The molecule has 0 bridgehead atoms. The monoisotopic (exact) mass is 240 g/mol. The van der Waals surface area contributed by atoms with Gasteiger partial charge in [0, 0.05) is 12.6 Å². The van der Waals surface area contributed by atoms with E-state index in [2.05, 4.69) is 24.5 Å². The second kappa shape index (κ2) is 8.51. The van der Waals surface area contributed by atoms with Crippen molar-refractivity contribution < 1.29 is 4.79 Å².